The minimum absolute atomic E-state index is 0.0794. The van der Waals surface area contributed by atoms with Gasteiger partial charge in [0.2, 0.25) is 0 Å². The number of hydrogen-bond acceptors (Lipinski definition) is 3. The van der Waals surface area contributed by atoms with Crippen LogP contribution >= 0.6 is 0 Å². The first-order valence-electron chi connectivity index (χ1n) is 6.51. The predicted molar refractivity (Wildman–Crippen MR) is 84.5 cm³/mol. The fourth-order valence-corrected chi connectivity index (χ4v) is 2.04. The molecular weight excluding hydrogens is 264 g/mol. The summed E-state index contributed by atoms with van der Waals surface area (Å²) in [5.74, 6) is 0.336. The lowest BCUT2D eigenvalue weighted by atomic mass is 10.1. The lowest BCUT2D eigenvalue weighted by molar-refractivity contribution is 0.234. The van der Waals surface area contributed by atoms with Gasteiger partial charge in [0.25, 0.3) is 0 Å². The number of nitrogens with two attached hydrogens (primary N) is 1. The van der Waals surface area contributed by atoms with E-state index in [0.717, 1.165) is 16.7 Å². The van der Waals surface area contributed by atoms with Gasteiger partial charge in [-0.1, -0.05) is 23.8 Å². The van der Waals surface area contributed by atoms with Gasteiger partial charge < -0.3 is 5.73 Å². The van der Waals surface area contributed by atoms with Crippen molar-refractivity contribution in [2.45, 2.75) is 13.8 Å². The van der Waals surface area contributed by atoms with Crippen molar-refractivity contribution in [3.05, 3.63) is 64.7 Å². The number of aryl methyl sites for hydroxylation is 2. The van der Waals surface area contributed by atoms with Crippen molar-refractivity contribution in [2.75, 3.05) is 0 Å². The van der Waals surface area contributed by atoms with Gasteiger partial charge in [0.1, 0.15) is 11.7 Å². The number of nitrogens with one attached hydrogen (secondary N) is 2. The van der Waals surface area contributed by atoms with Crippen LogP contribution in [-0.2, 0) is 0 Å². The smallest absolute Gasteiger partial charge is 0.149 e. The van der Waals surface area contributed by atoms with E-state index in [0.29, 0.717) is 17.1 Å². The Morgan fingerprint density at radius 2 is 1.81 bits per heavy atom. The quantitative estimate of drug-likeness (QED) is 0.396. The lowest BCUT2D eigenvalue weighted by Gasteiger charge is -2.07. The van der Waals surface area contributed by atoms with E-state index < -0.39 is 0 Å². The highest BCUT2D eigenvalue weighted by molar-refractivity contribution is 6.00. The van der Waals surface area contributed by atoms with Crippen molar-refractivity contribution in [3.8, 4) is 0 Å². The Labute approximate surface area is 123 Å². The third kappa shape index (κ3) is 3.67. The number of aliphatic imine (C=N–C) groups is 1. The summed E-state index contributed by atoms with van der Waals surface area (Å²) in [7, 11) is 0. The predicted octanol–water partition coefficient (Wildman–Crippen LogP) is 2.64. The van der Waals surface area contributed by atoms with Crippen LogP contribution in [0.1, 0.15) is 22.3 Å². The number of nitrogens with zero attached hydrogens (tertiary/aromatic N) is 1. The maximum Gasteiger partial charge on any atom is 0.149 e. The van der Waals surface area contributed by atoms with E-state index in [9.17, 15) is 0 Å². The molecule has 5 heteroatoms. The van der Waals surface area contributed by atoms with E-state index in [1.165, 1.54) is 0 Å². The molecule has 2 aromatic rings. The SMILES string of the molecule is Cc1cc(/N=C(\N)c2cccc(C)c2)cc(C(=N)NO)c1. The molecule has 5 N–H and O–H groups in total. The van der Waals surface area contributed by atoms with Gasteiger partial charge in [0, 0.05) is 11.1 Å². The van der Waals surface area contributed by atoms with Crippen LogP contribution in [0, 0.1) is 19.3 Å². The third-order valence-electron chi connectivity index (χ3n) is 3.03. The second kappa shape index (κ2) is 6.19. The summed E-state index contributed by atoms with van der Waals surface area (Å²) in [5.41, 5.74) is 12.0. The summed E-state index contributed by atoms with van der Waals surface area (Å²) < 4.78 is 0. The largest absolute Gasteiger partial charge is 0.383 e. The second-order valence-corrected chi connectivity index (χ2v) is 4.91. The first-order chi connectivity index (χ1) is 9.99. The molecule has 0 saturated carbocycles. The molecule has 0 atom stereocenters. The molecular formula is C16H18N4O. The highest BCUT2D eigenvalue weighted by Crippen LogP contribution is 2.18. The van der Waals surface area contributed by atoms with E-state index in [1.54, 1.807) is 12.1 Å². The topological polar surface area (TPSA) is 94.5 Å². The summed E-state index contributed by atoms with van der Waals surface area (Å²) in [5, 5.41) is 16.4. The molecule has 0 aliphatic rings. The first-order valence-corrected chi connectivity index (χ1v) is 6.51. The molecule has 0 spiro atoms. The summed E-state index contributed by atoms with van der Waals surface area (Å²) >= 11 is 0. The zero-order chi connectivity index (χ0) is 15.4. The van der Waals surface area contributed by atoms with Gasteiger partial charge in [-0.05, 0) is 43.7 Å². The van der Waals surface area contributed by atoms with Gasteiger partial charge in [-0.2, -0.15) is 0 Å². The fourth-order valence-electron chi connectivity index (χ4n) is 2.04. The lowest BCUT2D eigenvalue weighted by Crippen LogP contribution is -2.18. The zero-order valence-electron chi connectivity index (χ0n) is 12.0. The summed E-state index contributed by atoms with van der Waals surface area (Å²) in [4.78, 5) is 4.40. The number of hydrogen-bond donors (Lipinski definition) is 4. The van der Waals surface area contributed by atoms with Crippen molar-refractivity contribution >= 4 is 17.4 Å². The summed E-state index contributed by atoms with van der Waals surface area (Å²) in [6, 6.07) is 13.1. The molecule has 2 aromatic carbocycles. The average Bonchev–Trinajstić information content (AvgIpc) is 2.45. The van der Waals surface area contributed by atoms with Gasteiger partial charge in [0.05, 0.1) is 5.69 Å². The molecule has 5 nitrogen and oxygen atoms in total. The fraction of sp³-hybridized carbons (Fsp3) is 0.125. The number of amidine groups is 2. The number of hydroxylamine groups is 1. The van der Waals surface area contributed by atoms with Crippen LogP contribution in [0.15, 0.2) is 47.5 Å². The third-order valence-corrected chi connectivity index (χ3v) is 3.03. The molecule has 0 fully saturated rings. The van der Waals surface area contributed by atoms with Crippen LogP contribution in [0.4, 0.5) is 5.69 Å². The molecule has 0 radical (unpaired) electrons. The van der Waals surface area contributed by atoms with Gasteiger partial charge in [-0.3, -0.25) is 16.1 Å². The van der Waals surface area contributed by atoms with Crippen LogP contribution < -0.4 is 11.2 Å². The van der Waals surface area contributed by atoms with Crippen LogP contribution in [0.2, 0.25) is 0 Å². The monoisotopic (exact) mass is 282 g/mol. The van der Waals surface area contributed by atoms with E-state index in [-0.39, 0.29) is 5.84 Å². The molecule has 0 amide bonds. The van der Waals surface area contributed by atoms with Gasteiger partial charge >= 0.3 is 0 Å². The Kier molecular flexibility index (Phi) is 4.35. The van der Waals surface area contributed by atoms with Crippen molar-refractivity contribution < 1.29 is 5.21 Å². The van der Waals surface area contributed by atoms with E-state index in [4.69, 9.17) is 16.4 Å². The Hall–Kier alpha value is -2.66. The maximum atomic E-state index is 8.83. The van der Waals surface area contributed by atoms with Crippen LogP contribution in [0.25, 0.3) is 0 Å². The first kappa shape index (κ1) is 14.7. The van der Waals surface area contributed by atoms with E-state index in [2.05, 4.69) is 4.99 Å². The Balaban J connectivity index is 2.40. The maximum absolute atomic E-state index is 8.83. The molecule has 0 aliphatic heterocycles. The number of benzene rings is 2. The number of rotatable bonds is 3. The van der Waals surface area contributed by atoms with E-state index >= 15 is 0 Å². The highest BCUT2D eigenvalue weighted by Gasteiger charge is 2.04. The molecule has 21 heavy (non-hydrogen) atoms. The van der Waals surface area contributed by atoms with Crippen LogP contribution in [0.3, 0.4) is 0 Å². The molecule has 0 saturated heterocycles. The van der Waals surface area contributed by atoms with Gasteiger partial charge in [0.15, 0.2) is 0 Å². The normalized spacial score (nSPS) is 11.3. The average molecular weight is 282 g/mol. The van der Waals surface area contributed by atoms with Crippen LogP contribution in [0.5, 0.6) is 0 Å². The zero-order valence-corrected chi connectivity index (χ0v) is 12.0. The minimum Gasteiger partial charge on any atom is -0.383 e. The standard InChI is InChI=1S/C16H18N4O/c1-10-4-3-5-12(6-10)15(17)19-14-8-11(2)7-13(9-14)16(18)20-21/h3-9,21H,1-2H3,(H2,17,19)(H2,18,20). The molecule has 0 aromatic heterocycles. The van der Waals surface area contributed by atoms with Crippen molar-refractivity contribution in [2.24, 2.45) is 10.7 Å². The molecule has 2 rings (SSSR count). The molecule has 0 unspecified atom stereocenters. The molecule has 0 aliphatic carbocycles. The van der Waals surface area contributed by atoms with Gasteiger partial charge in [-0.15, -0.1) is 0 Å². The highest BCUT2D eigenvalue weighted by atomic mass is 16.5. The Bertz CT molecular complexity index is 707. The minimum atomic E-state index is -0.0794. The van der Waals surface area contributed by atoms with Crippen LogP contribution in [-0.4, -0.2) is 16.9 Å². The summed E-state index contributed by atoms with van der Waals surface area (Å²) in [6.45, 7) is 3.89. The molecule has 0 bridgehead atoms. The Morgan fingerprint density at radius 1 is 1.10 bits per heavy atom. The van der Waals surface area contributed by atoms with Crippen molar-refractivity contribution in [1.29, 1.82) is 5.41 Å². The van der Waals surface area contributed by atoms with E-state index in [1.807, 2.05) is 49.7 Å². The van der Waals surface area contributed by atoms with Crippen molar-refractivity contribution in [3.63, 3.8) is 0 Å². The van der Waals surface area contributed by atoms with Crippen molar-refractivity contribution in [1.82, 2.24) is 5.48 Å². The summed E-state index contributed by atoms with van der Waals surface area (Å²) in [6.07, 6.45) is 0. The van der Waals surface area contributed by atoms with Gasteiger partial charge in [-0.25, -0.2) is 4.99 Å². The molecule has 108 valence electrons. The Morgan fingerprint density at radius 3 is 2.48 bits per heavy atom. The molecule has 0 heterocycles. The second-order valence-electron chi connectivity index (χ2n) is 4.91.